The van der Waals surface area contributed by atoms with Crippen molar-refractivity contribution in [3.8, 4) is 5.75 Å². The number of rotatable bonds is 4. The summed E-state index contributed by atoms with van der Waals surface area (Å²) in [6.45, 7) is 3.63. The quantitative estimate of drug-likeness (QED) is 0.581. The second kappa shape index (κ2) is 5.40. The van der Waals surface area contributed by atoms with Gasteiger partial charge in [-0.2, -0.15) is 0 Å². The molecule has 1 unspecified atom stereocenters. The molecule has 0 saturated carbocycles. The van der Waals surface area contributed by atoms with Crippen molar-refractivity contribution in [2.75, 3.05) is 0 Å². The summed E-state index contributed by atoms with van der Waals surface area (Å²) in [7, 11) is 0. The number of hydrogen-bond donors (Lipinski definition) is 1. The topological polar surface area (TPSA) is 52.3 Å². The highest BCUT2D eigenvalue weighted by atomic mass is 16.5. The molecule has 0 spiro atoms. The fourth-order valence-electron chi connectivity index (χ4n) is 1.02. The summed E-state index contributed by atoms with van der Waals surface area (Å²) in [4.78, 5) is 11.3. The largest absolute Gasteiger partial charge is 0.425 e. The van der Waals surface area contributed by atoms with Crippen molar-refractivity contribution in [1.82, 2.24) is 0 Å². The Balaban J connectivity index is 2.49. The van der Waals surface area contributed by atoms with Gasteiger partial charge >= 0.3 is 5.97 Å². The van der Waals surface area contributed by atoms with Gasteiger partial charge in [-0.1, -0.05) is 31.5 Å². The van der Waals surface area contributed by atoms with Crippen LogP contribution in [0, 0.1) is 6.92 Å². The van der Waals surface area contributed by atoms with Gasteiger partial charge in [-0.05, 0) is 18.6 Å². The molecule has 0 aliphatic heterocycles. The van der Waals surface area contributed by atoms with Crippen LogP contribution < -0.4 is 10.5 Å². The van der Waals surface area contributed by atoms with Crippen LogP contribution in [0.4, 0.5) is 0 Å². The Morgan fingerprint density at radius 2 is 2.07 bits per heavy atom. The zero-order chi connectivity index (χ0) is 10.4. The lowest BCUT2D eigenvalue weighted by Crippen LogP contribution is -2.33. The first-order chi connectivity index (χ1) is 6.74. The Hall–Kier alpha value is -1.35. The van der Waals surface area contributed by atoms with Gasteiger partial charge in [0.25, 0.3) is 0 Å². The van der Waals surface area contributed by atoms with E-state index >= 15 is 0 Å². The van der Waals surface area contributed by atoms with Gasteiger partial charge in [0.1, 0.15) is 11.8 Å². The summed E-state index contributed by atoms with van der Waals surface area (Å²) in [6.07, 6.45) is 1.18. The van der Waals surface area contributed by atoms with Crippen LogP contribution in [0.1, 0.15) is 12.8 Å². The number of para-hydroxylation sites is 1. The van der Waals surface area contributed by atoms with Gasteiger partial charge < -0.3 is 10.5 Å². The molecule has 1 aromatic rings. The van der Waals surface area contributed by atoms with Crippen LogP contribution in [0.2, 0.25) is 0 Å². The number of carbonyl (C=O) groups is 1. The lowest BCUT2D eigenvalue weighted by atomic mass is 10.2. The van der Waals surface area contributed by atoms with E-state index in [0.717, 1.165) is 0 Å². The molecule has 0 saturated heterocycles. The number of hydrogen-bond acceptors (Lipinski definition) is 3. The lowest BCUT2D eigenvalue weighted by Gasteiger charge is -2.09. The zero-order valence-corrected chi connectivity index (χ0v) is 7.98. The molecular weight excluding hydrogens is 178 g/mol. The van der Waals surface area contributed by atoms with Crippen molar-refractivity contribution >= 4 is 5.97 Å². The summed E-state index contributed by atoms with van der Waals surface area (Å²) < 4.78 is 5.04. The molecule has 0 aliphatic carbocycles. The molecule has 3 nitrogen and oxygen atoms in total. The molecule has 0 bridgehead atoms. The third kappa shape index (κ3) is 3.18. The highest BCUT2D eigenvalue weighted by Crippen LogP contribution is 2.09. The third-order valence-electron chi connectivity index (χ3n) is 1.78. The summed E-state index contributed by atoms with van der Waals surface area (Å²) >= 11 is 0. The number of ether oxygens (including phenoxy) is 1. The summed E-state index contributed by atoms with van der Waals surface area (Å²) in [5, 5.41) is 0. The third-order valence-corrected chi connectivity index (χ3v) is 1.78. The van der Waals surface area contributed by atoms with Crippen LogP contribution in [-0.4, -0.2) is 12.0 Å². The molecule has 1 radical (unpaired) electrons. The van der Waals surface area contributed by atoms with Crippen LogP contribution in [0.25, 0.3) is 0 Å². The van der Waals surface area contributed by atoms with Gasteiger partial charge in [-0.25, -0.2) is 4.79 Å². The summed E-state index contributed by atoms with van der Waals surface area (Å²) in [6, 6.07) is 8.31. The fourth-order valence-corrected chi connectivity index (χ4v) is 1.02. The van der Waals surface area contributed by atoms with Crippen LogP contribution in [-0.2, 0) is 4.79 Å². The monoisotopic (exact) mass is 192 g/mol. The maximum Gasteiger partial charge on any atom is 0.328 e. The Labute approximate surface area is 83.9 Å². The van der Waals surface area contributed by atoms with Gasteiger partial charge in [0.15, 0.2) is 0 Å². The standard InChI is InChI=1S/C11H14NO2/c1-2-6-10(12)11(13)14-9-7-4-3-5-8-9/h3-5,7-8,10H,1-2,6,12H2. The first-order valence-corrected chi connectivity index (χ1v) is 4.55. The number of esters is 1. The predicted octanol–water partition coefficient (Wildman–Crippen LogP) is 1.53. The van der Waals surface area contributed by atoms with Crippen molar-refractivity contribution in [1.29, 1.82) is 0 Å². The second-order valence-corrected chi connectivity index (χ2v) is 2.98. The average Bonchev–Trinajstić information content (AvgIpc) is 2.19. The molecule has 3 heteroatoms. The Bertz CT molecular complexity index is 285. The van der Waals surface area contributed by atoms with Gasteiger partial charge in [-0.15, -0.1) is 0 Å². The molecule has 1 atom stereocenters. The van der Waals surface area contributed by atoms with E-state index in [4.69, 9.17) is 10.5 Å². The normalized spacial score (nSPS) is 12.1. The van der Waals surface area contributed by atoms with E-state index in [1.165, 1.54) is 0 Å². The van der Waals surface area contributed by atoms with Crippen LogP contribution >= 0.6 is 0 Å². The molecule has 14 heavy (non-hydrogen) atoms. The SMILES string of the molecule is [CH2]CCC(N)C(=O)Oc1ccccc1. The predicted molar refractivity (Wildman–Crippen MR) is 54.6 cm³/mol. The molecule has 0 aromatic heterocycles. The molecule has 0 amide bonds. The molecule has 1 rings (SSSR count). The Kier molecular flexibility index (Phi) is 4.13. The van der Waals surface area contributed by atoms with Crippen molar-refractivity contribution in [3.63, 3.8) is 0 Å². The lowest BCUT2D eigenvalue weighted by molar-refractivity contribution is -0.136. The van der Waals surface area contributed by atoms with Gasteiger partial charge in [0.05, 0.1) is 0 Å². The maximum absolute atomic E-state index is 11.3. The second-order valence-electron chi connectivity index (χ2n) is 2.98. The molecular formula is C11H14NO2. The van der Waals surface area contributed by atoms with Crippen LogP contribution in [0.15, 0.2) is 30.3 Å². The van der Waals surface area contributed by atoms with E-state index in [1.54, 1.807) is 24.3 Å². The smallest absolute Gasteiger partial charge is 0.328 e. The van der Waals surface area contributed by atoms with Crippen LogP contribution in [0.3, 0.4) is 0 Å². The fraction of sp³-hybridized carbons (Fsp3) is 0.273. The Morgan fingerprint density at radius 3 is 2.64 bits per heavy atom. The van der Waals surface area contributed by atoms with Gasteiger partial charge in [0.2, 0.25) is 0 Å². The summed E-state index contributed by atoms with van der Waals surface area (Å²) in [5.74, 6) is 0.122. The number of benzene rings is 1. The van der Waals surface area contributed by atoms with E-state index in [0.29, 0.717) is 18.6 Å². The van der Waals surface area contributed by atoms with E-state index in [9.17, 15) is 4.79 Å². The molecule has 75 valence electrons. The van der Waals surface area contributed by atoms with Gasteiger partial charge in [-0.3, -0.25) is 0 Å². The molecule has 0 heterocycles. The van der Waals surface area contributed by atoms with Crippen molar-refractivity contribution < 1.29 is 9.53 Å². The zero-order valence-electron chi connectivity index (χ0n) is 7.98. The molecule has 0 fully saturated rings. The van der Waals surface area contributed by atoms with E-state index in [2.05, 4.69) is 6.92 Å². The molecule has 1 aromatic carbocycles. The Morgan fingerprint density at radius 1 is 1.43 bits per heavy atom. The van der Waals surface area contributed by atoms with Crippen LogP contribution in [0.5, 0.6) is 5.75 Å². The molecule has 0 aliphatic rings. The first kappa shape index (κ1) is 10.7. The van der Waals surface area contributed by atoms with Crippen molar-refractivity contribution in [3.05, 3.63) is 37.3 Å². The number of nitrogens with two attached hydrogens (primary N) is 1. The maximum atomic E-state index is 11.3. The van der Waals surface area contributed by atoms with E-state index in [1.807, 2.05) is 6.07 Å². The van der Waals surface area contributed by atoms with Crippen molar-refractivity contribution in [2.24, 2.45) is 5.73 Å². The number of carbonyl (C=O) groups excluding carboxylic acids is 1. The van der Waals surface area contributed by atoms with E-state index in [-0.39, 0.29) is 0 Å². The molecule has 2 N–H and O–H groups in total. The highest BCUT2D eigenvalue weighted by molar-refractivity contribution is 5.77. The minimum atomic E-state index is -0.576. The highest BCUT2D eigenvalue weighted by Gasteiger charge is 2.14. The van der Waals surface area contributed by atoms with Crippen molar-refractivity contribution in [2.45, 2.75) is 18.9 Å². The van der Waals surface area contributed by atoms with E-state index < -0.39 is 12.0 Å². The average molecular weight is 192 g/mol. The van der Waals surface area contributed by atoms with Gasteiger partial charge in [0, 0.05) is 0 Å². The minimum absolute atomic E-state index is 0.403. The summed E-state index contributed by atoms with van der Waals surface area (Å²) in [5.41, 5.74) is 5.56. The minimum Gasteiger partial charge on any atom is -0.425 e. The first-order valence-electron chi connectivity index (χ1n) is 4.55.